The van der Waals surface area contributed by atoms with Crippen molar-refractivity contribution in [3.8, 4) is 17.6 Å². The summed E-state index contributed by atoms with van der Waals surface area (Å²) in [4.78, 5) is 84.9. The zero-order chi connectivity index (χ0) is 43.9. The van der Waals surface area contributed by atoms with Crippen molar-refractivity contribution in [3.63, 3.8) is 0 Å². The van der Waals surface area contributed by atoms with E-state index in [1.54, 1.807) is 19.1 Å². The Morgan fingerprint density at radius 3 is 2.15 bits per heavy atom. The zero-order valence-electron chi connectivity index (χ0n) is 33.3. The van der Waals surface area contributed by atoms with Crippen LogP contribution in [0.5, 0.6) is 5.75 Å². The Morgan fingerprint density at radius 2 is 1.51 bits per heavy atom. The summed E-state index contributed by atoms with van der Waals surface area (Å²) in [6, 6.07) is 10.4. The number of carbonyl (C=O) groups is 6. The van der Waals surface area contributed by atoms with Gasteiger partial charge in [-0.2, -0.15) is 0 Å². The van der Waals surface area contributed by atoms with Gasteiger partial charge in [0.05, 0.1) is 57.2 Å². The van der Waals surface area contributed by atoms with Crippen molar-refractivity contribution in [2.45, 2.75) is 13.3 Å². The van der Waals surface area contributed by atoms with Crippen molar-refractivity contribution in [1.29, 1.82) is 0 Å². The molecule has 21 nitrogen and oxygen atoms in total. The number of benzene rings is 2. The van der Waals surface area contributed by atoms with E-state index in [9.17, 15) is 33.9 Å². The van der Waals surface area contributed by atoms with Crippen molar-refractivity contribution in [2.24, 2.45) is 5.73 Å². The summed E-state index contributed by atoms with van der Waals surface area (Å²) in [6.07, 6.45) is 1.77. The normalized spacial score (nSPS) is 10.6. The monoisotopic (exact) mass is 956 g/mol. The van der Waals surface area contributed by atoms with Crippen LogP contribution in [-0.4, -0.2) is 168 Å². The second-order valence-corrected chi connectivity index (χ2v) is 13.7. The molecule has 1 heterocycles. The zero-order valence-corrected chi connectivity index (χ0v) is 36.0. The average molecular weight is 958 g/mol. The Balaban J connectivity index is 0.0000128. The first-order valence-corrected chi connectivity index (χ1v) is 19.4. The SMILES string of the molecule is CC#CC(=O)Nc1cc2c(Nc3cccc(Br)c3)ncnc2cc1OCCCNC(=O)NCCN(CCOCCN)C(=O)CN(CCN(CC(=O)O)CC(=O)O)CC(=O)O.[Fe+2]. The number of hydrogen-bond acceptors (Lipinski definition) is 14. The van der Waals surface area contributed by atoms with Gasteiger partial charge in [0.1, 0.15) is 17.9 Å². The van der Waals surface area contributed by atoms with Gasteiger partial charge in [-0.15, -0.1) is 0 Å². The van der Waals surface area contributed by atoms with Gasteiger partial charge in [0.15, 0.2) is 0 Å². The molecule has 4 amide bonds. The maximum absolute atomic E-state index is 13.4. The number of carbonyl (C=O) groups excluding carboxylic acids is 3. The van der Waals surface area contributed by atoms with Gasteiger partial charge >= 0.3 is 41.0 Å². The molecule has 2 aromatic carbocycles. The summed E-state index contributed by atoms with van der Waals surface area (Å²) in [5.41, 5.74) is 7.14. The number of ether oxygens (including phenoxy) is 2. The van der Waals surface area contributed by atoms with E-state index in [1.165, 1.54) is 16.1 Å². The number of nitrogens with two attached hydrogens (primary N) is 1. The number of halogens is 1. The number of aliphatic carboxylic acids is 3. The summed E-state index contributed by atoms with van der Waals surface area (Å²) in [6.45, 7) is 0.308. The van der Waals surface area contributed by atoms with Crippen LogP contribution in [0.1, 0.15) is 13.3 Å². The van der Waals surface area contributed by atoms with Crippen LogP contribution in [0.25, 0.3) is 10.9 Å². The smallest absolute Gasteiger partial charge is 0.491 e. The number of anilines is 3. The van der Waals surface area contributed by atoms with Gasteiger partial charge in [0.25, 0.3) is 5.91 Å². The van der Waals surface area contributed by atoms with Crippen molar-refractivity contribution < 1.29 is 70.6 Å². The molecule has 0 radical (unpaired) electrons. The fourth-order valence-corrected chi connectivity index (χ4v) is 5.89. The average Bonchev–Trinajstić information content (AvgIpc) is 3.17. The van der Waals surface area contributed by atoms with Gasteiger partial charge in [-0.1, -0.05) is 27.9 Å². The fraction of sp³-hybridized carbons (Fsp3) is 0.421. The Labute approximate surface area is 370 Å². The van der Waals surface area contributed by atoms with E-state index in [4.69, 9.17) is 25.4 Å². The van der Waals surface area contributed by atoms with E-state index >= 15 is 0 Å². The Morgan fingerprint density at radius 1 is 0.836 bits per heavy atom. The first-order valence-electron chi connectivity index (χ1n) is 18.6. The predicted octanol–water partition coefficient (Wildman–Crippen LogP) is 0.825. The third kappa shape index (κ3) is 20.0. The van der Waals surface area contributed by atoms with Crippen molar-refractivity contribution >= 4 is 79.8 Å². The molecule has 0 fully saturated rings. The minimum absolute atomic E-state index is 0. The summed E-state index contributed by atoms with van der Waals surface area (Å²) < 4.78 is 12.3. The standard InChI is InChI=1S/C38H49BrN10O11.Fe/c1-2-5-32(50)46-30-19-28-29(43-25-44-37(28)45-27-7-3-6-26(39)18-27)20-31(30)60-15-4-9-41-38(58)42-10-11-49(14-17-59-16-8-40)33(51)21-47(22-34(52)53)12-13-48(23-35(54)55)24-36(56)57;/h3,6-7,18-20,25H,4,8-17,21-24,40H2,1H3,(H,46,50)(H,52,53)(H,54,55)(H,56,57)(H2,41,42,58)(H,43,44,45);/q;+2. The van der Waals surface area contributed by atoms with Gasteiger partial charge < -0.3 is 56.7 Å². The van der Waals surface area contributed by atoms with Gasteiger partial charge in [-0.25, -0.2) is 14.8 Å². The van der Waals surface area contributed by atoms with Gasteiger partial charge in [-0.05, 0) is 43.5 Å². The molecule has 0 bridgehead atoms. The molecule has 9 N–H and O–H groups in total. The molecule has 23 heteroatoms. The molecule has 0 saturated carbocycles. The number of urea groups is 1. The second-order valence-electron chi connectivity index (χ2n) is 12.8. The van der Waals surface area contributed by atoms with Gasteiger partial charge in [0.2, 0.25) is 5.91 Å². The maximum Gasteiger partial charge on any atom is 2.00 e. The van der Waals surface area contributed by atoms with Crippen molar-refractivity contribution in [2.75, 3.05) is 102 Å². The molecule has 0 aliphatic carbocycles. The number of carboxylic acids is 3. The number of nitrogens with one attached hydrogen (secondary N) is 4. The Bertz CT molecular complexity index is 2000. The topological polar surface area (TPSA) is 291 Å². The molecule has 330 valence electrons. The third-order valence-corrected chi connectivity index (χ3v) is 8.62. The van der Waals surface area contributed by atoms with Crippen LogP contribution in [0.3, 0.4) is 0 Å². The third-order valence-electron chi connectivity index (χ3n) is 8.13. The first-order chi connectivity index (χ1) is 28.8. The summed E-state index contributed by atoms with van der Waals surface area (Å²) >= 11 is 3.46. The van der Waals surface area contributed by atoms with Crippen LogP contribution >= 0.6 is 15.9 Å². The molecule has 0 spiro atoms. The molecular weight excluding hydrogens is 908 g/mol. The van der Waals surface area contributed by atoms with Crippen LogP contribution in [0.15, 0.2) is 47.2 Å². The number of aromatic nitrogens is 2. The first kappa shape index (κ1) is 51.5. The molecule has 1 aromatic heterocycles. The van der Waals surface area contributed by atoms with E-state index in [0.29, 0.717) is 34.6 Å². The predicted molar refractivity (Wildman–Crippen MR) is 223 cm³/mol. The number of fused-ring (bicyclic) bond motifs is 1. The van der Waals surface area contributed by atoms with Crippen molar-refractivity contribution in [3.05, 3.63) is 47.2 Å². The number of amides is 4. The largest absolute Gasteiger partial charge is 2.00 e. The quantitative estimate of drug-likeness (QED) is 0.0298. The van der Waals surface area contributed by atoms with Crippen LogP contribution in [0.2, 0.25) is 0 Å². The van der Waals surface area contributed by atoms with Crippen molar-refractivity contribution in [1.82, 2.24) is 35.3 Å². The second kappa shape index (κ2) is 28.0. The number of carboxylic acid groups (broad SMARTS) is 3. The molecule has 0 aliphatic heterocycles. The molecule has 0 unspecified atom stereocenters. The molecular formula is C38H49BrFeN10O11+2. The van der Waals surface area contributed by atoms with E-state index in [-0.39, 0.29) is 89.2 Å². The van der Waals surface area contributed by atoms with E-state index in [0.717, 1.165) is 15.1 Å². The van der Waals surface area contributed by atoms with E-state index < -0.39 is 55.4 Å². The molecule has 61 heavy (non-hydrogen) atoms. The minimum atomic E-state index is -1.26. The molecule has 3 aromatic rings. The Kier molecular flexibility index (Phi) is 23.7. The summed E-state index contributed by atoms with van der Waals surface area (Å²) in [7, 11) is 0. The molecule has 3 rings (SSSR count). The molecule has 0 atom stereocenters. The number of rotatable bonds is 27. The maximum atomic E-state index is 13.4. The van der Waals surface area contributed by atoms with Gasteiger partial charge in [0, 0.05) is 67.4 Å². The van der Waals surface area contributed by atoms with Crippen LogP contribution in [0, 0.1) is 11.8 Å². The van der Waals surface area contributed by atoms with Crippen LogP contribution in [-0.2, 0) is 45.8 Å². The van der Waals surface area contributed by atoms with Crippen LogP contribution < -0.4 is 31.7 Å². The van der Waals surface area contributed by atoms with E-state index in [1.807, 2.05) is 24.3 Å². The molecule has 0 saturated heterocycles. The van der Waals surface area contributed by atoms with E-state index in [2.05, 4.69) is 59.0 Å². The van der Waals surface area contributed by atoms with Gasteiger partial charge in [-0.3, -0.25) is 33.8 Å². The summed E-state index contributed by atoms with van der Waals surface area (Å²) in [5, 5.41) is 39.7. The number of hydrogen-bond donors (Lipinski definition) is 8. The molecule has 0 aliphatic rings. The summed E-state index contributed by atoms with van der Waals surface area (Å²) in [5.74, 6) is 1.02. The number of nitrogens with zero attached hydrogens (tertiary/aromatic N) is 5. The van der Waals surface area contributed by atoms with Crippen LogP contribution in [0.4, 0.5) is 22.0 Å². The minimum Gasteiger partial charge on any atom is -0.491 e. The fourth-order valence-electron chi connectivity index (χ4n) is 5.49. The Hall–Kier alpha value is -5.60.